The summed E-state index contributed by atoms with van der Waals surface area (Å²) >= 11 is 5.89. The fourth-order valence-electron chi connectivity index (χ4n) is 1.91. The summed E-state index contributed by atoms with van der Waals surface area (Å²) in [6.45, 7) is 0. The molecule has 88 valence electrons. The molecule has 0 unspecified atom stereocenters. The number of fused-ring (bicyclic) bond motifs is 1. The summed E-state index contributed by atoms with van der Waals surface area (Å²) in [5, 5.41) is 1.16. The Morgan fingerprint density at radius 3 is 2.61 bits per heavy atom. The minimum Gasteiger partial charge on any atom is -0.354 e. The lowest BCUT2D eigenvalue weighted by Gasteiger charge is -2.04. The molecule has 0 spiro atoms. The average molecular weight is 257 g/mol. The van der Waals surface area contributed by atoms with Crippen LogP contribution in [-0.2, 0) is 0 Å². The van der Waals surface area contributed by atoms with E-state index in [2.05, 4.69) is 9.97 Å². The first-order valence-electron chi connectivity index (χ1n) is 5.47. The van der Waals surface area contributed by atoms with E-state index in [0.717, 1.165) is 16.8 Å². The van der Waals surface area contributed by atoms with Gasteiger partial charge in [0.05, 0.1) is 0 Å². The van der Waals surface area contributed by atoms with Crippen molar-refractivity contribution in [2.75, 3.05) is 0 Å². The van der Waals surface area contributed by atoms with Gasteiger partial charge in [-0.2, -0.15) is 0 Å². The second kappa shape index (κ2) is 4.27. The number of aromatic nitrogens is 2. The van der Waals surface area contributed by atoms with Crippen LogP contribution in [0.5, 0.6) is 0 Å². The number of rotatable bonds is 1. The van der Waals surface area contributed by atoms with Gasteiger partial charge in [0.1, 0.15) is 0 Å². The summed E-state index contributed by atoms with van der Waals surface area (Å²) in [6, 6.07) is 10.5. The van der Waals surface area contributed by atoms with Crippen LogP contribution in [-0.4, -0.2) is 9.97 Å². The fourth-order valence-corrected chi connectivity index (χ4v) is 2.08. The molecule has 2 aromatic heterocycles. The van der Waals surface area contributed by atoms with Gasteiger partial charge in [0, 0.05) is 45.6 Å². The minimum atomic E-state index is -0.0435. The first-order chi connectivity index (χ1) is 8.74. The van der Waals surface area contributed by atoms with Crippen LogP contribution in [0.4, 0.5) is 0 Å². The van der Waals surface area contributed by atoms with Gasteiger partial charge in [0.15, 0.2) is 5.43 Å². The predicted molar refractivity (Wildman–Crippen MR) is 72.8 cm³/mol. The highest BCUT2D eigenvalue weighted by Crippen LogP contribution is 2.19. The van der Waals surface area contributed by atoms with Crippen molar-refractivity contribution < 1.29 is 0 Å². The number of benzene rings is 1. The van der Waals surface area contributed by atoms with E-state index in [1.54, 1.807) is 30.6 Å². The summed E-state index contributed by atoms with van der Waals surface area (Å²) in [6.07, 6.45) is 3.39. The smallest absolute Gasteiger partial charge is 0.190 e. The Morgan fingerprint density at radius 1 is 1.06 bits per heavy atom. The molecule has 0 aliphatic heterocycles. The molecule has 0 aliphatic carbocycles. The first kappa shape index (κ1) is 11.0. The molecule has 1 aromatic carbocycles. The number of hydrogen-bond donors (Lipinski definition) is 1. The molecule has 0 fully saturated rings. The second-order valence-corrected chi connectivity index (χ2v) is 4.41. The van der Waals surface area contributed by atoms with Crippen molar-refractivity contribution >= 4 is 22.5 Å². The zero-order valence-electron chi connectivity index (χ0n) is 9.35. The number of nitrogens with zero attached hydrogens (tertiary/aromatic N) is 1. The molecule has 3 nitrogen and oxygen atoms in total. The Balaban J connectivity index is 2.29. The van der Waals surface area contributed by atoms with E-state index in [9.17, 15) is 4.79 Å². The van der Waals surface area contributed by atoms with Crippen LogP contribution in [0.1, 0.15) is 0 Å². The number of pyridine rings is 2. The molecule has 2 heterocycles. The molecule has 0 atom stereocenters. The van der Waals surface area contributed by atoms with E-state index in [4.69, 9.17) is 11.6 Å². The van der Waals surface area contributed by atoms with Crippen LogP contribution < -0.4 is 5.43 Å². The van der Waals surface area contributed by atoms with Gasteiger partial charge in [-0.25, -0.2) is 0 Å². The number of nitrogens with one attached hydrogen (secondary N) is 1. The molecule has 0 saturated heterocycles. The normalized spacial score (nSPS) is 10.7. The maximum absolute atomic E-state index is 12.0. The van der Waals surface area contributed by atoms with Gasteiger partial charge in [0.2, 0.25) is 0 Å². The molecule has 0 radical (unpaired) electrons. The van der Waals surface area contributed by atoms with Crippen molar-refractivity contribution in [1.82, 2.24) is 9.97 Å². The Labute approximate surface area is 108 Å². The molecule has 3 rings (SSSR count). The molecule has 0 amide bonds. The molecule has 1 N–H and O–H groups in total. The highest BCUT2D eigenvalue weighted by Gasteiger charge is 2.04. The van der Waals surface area contributed by atoms with Crippen molar-refractivity contribution in [3.8, 4) is 11.3 Å². The van der Waals surface area contributed by atoms with Gasteiger partial charge in [-0.05, 0) is 30.3 Å². The fraction of sp³-hybridized carbons (Fsp3) is 0. The van der Waals surface area contributed by atoms with Gasteiger partial charge in [-0.1, -0.05) is 11.6 Å². The largest absolute Gasteiger partial charge is 0.354 e. The van der Waals surface area contributed by atoms with Crippen molar-refractivity contribution in [3.05, 3.63) is 64.0 Å². The highest BCUT2D eigenvalue weighted by molar-refractivity contribution is 6.31. The SMILES string of the molecule is O=c1cc(-c2ccncc2)[nH]c2ccc(Cl)cc12. The molecular weight excluding hydrogens is 248 g/mol. The van der Waals surface area contributed by atoms with E-state index in [-0.39, 0.29) is 5.43 Å². The molecule has 0 aliphatic rings. The summed E-state index contributed by atoms with van der Waals surface area (Å²) in [5.74, 6) is 0. The van der Waals surface area contributed by atoms with Gasteiger partial charge < -0.3 is 4.98 Å². The van der Waals surface area contributed by atoms with E-state index in [1.165, 1.54) is 0 Å². The lowest BCUT2D eigenvalue weighted by Crippen LogP contribution is -2.02. The zero-order chi connectivity index (χ0) is 12.5. The molecule has 0 saturated carbocycles. The van der Waals surface area contributed by atoms with Crippen LogP contribution in [0, 0.1) is 0 Å². The molecule has 4 heteroatoms. The van der Waals surface area contributed by atoms with Gasteiger partial charge in [0.25, 0.3) is 0 Å². The maximum Gasteiger partial charge on any atom is 0.190 e. The van der Waals surface area contributed by atoms with Crippen molar-refractivity contribution in [3.63, 3.8) is 0 Å². The summed E-state index contributed by atoms with van der Waals surface area (Å²) < 4.78 is 0. The van der Waals surface area contributed by atoms with Crippen LogP contribution in [0.25, 0.3) is 22.2 Å². The monoisotopic (exact) mass is 256 g/mol. The maximum atomic E-state index is 12.0. The average Bonchev–Trinajstić information content (AvgIpc) is 2.40. The summed E-state index contributed by atoms with van der Waals surface area (Å²) in [7, 11) is 0. The third-order valence-electron chi connectivity index (χ3n) is 2.78. The summed E-state index contributed by atoms with van der Waals surface area (Å²) in [4.78, 5) is 19.2. The van der Waals surface area contributed by atoms with Crippen LogP contribution in [0.2, 0.25) is 5.02 Å². The van der Waals surface area contributed by atoms with Crippen LogP contribution >= 0.6 is 11.6 Å². The number of aromatic amines is 1. The van der Waals surface area contributed by atoms with Crippen molar-refractivity contribution in [1.29, 1.82) is 0 Å². The van der Waals surface area contributed by atoms with Crippen molar-refractivity contribution in [2.45, 2.75) is 0 Å². The van der Waals surface area contributed by atoms with Crippen LogP contribution in [0.3, 0.4) is 0 Å². The van der Waals surface area contributed by atoms with Crippen LogP contribution in [0.15, 0.2) is 53.6 Å². The standard InChI is InChI=1S/C14H9ClN2O/c15-10-1-2-12-11(7-10)14(18)8-13(17-12)9-3-5-16-6-4-9/h1-8H,(H,17,18). The number of halogens is 1. The van der Waals surface area contributed by atoms with E-state index in [0.29, 0.717) is 10.4 Å². The zero-order valence-corrected chi connectivity index (χ0v) is 10.1. The van der Waals surface area contributed by atoms with E-state index in [1.807, 2.05) is 18.2 Å². The quantitative estimate of drug-likeness (QED) is 0.726. The van der Waals surface area contributed by atoms with Gasteiger partial charge in [-0.3, -0.25) is 9.78 Å². The Hall–Kier alpha value is -2.13. The first-order valence-corrected chi connectivity index (χ1v) is 5.85. The molecular formula is C14H9ClN2O. The third kappa shape index (κ3) is 1.89. The Kier molecular flexibility index (Phi) is 2.61. The third-order valence-corrected chi connectivity index (χ3v) is 3.02. The molecule has 0 bridgehead atoms. The van der Waals surface area contributed by atoms with Crippen molar-refractivity contribution in [2.24, 2.45) is 0 Å². The van der Waals surface area contributed by atoms with E-state index < -0.39 is 0 Å². The second-order valence-electron chi connectivity index (χ2n) is 3.97. The Morgan fingerprint density at radius 2 is 1.83 bits per heavy atom. The lowest BCUT2D eigenvalue weighted by molar-refractivity contribution is 1.31. The predicted octanol–water partition coefficient (Wildman–Crippen LogP) is 3.24. The highest BCUT2D eigenvalue weighted by atomic mass is 35.5. The van der Waals surface area contributed by atoms with Gasteiger partial charge >= 0.3 is 0 Å². The topological polar surface area (TPSA) is 45.8 Å². The minimum absolute atomic E-state index is 0.0435. The molecule has 3 aromatic rings. The van der Waals surface area contributed by atoms with E-state index >= 15 is 0 Å². The number of hydrogen-bond acceptors (Lipinski definition) is 2. The number of H-pyrrole nitrogens is 1. The Bertz CT molecular complexity index is 766. The van der Waals surface area contributed by atoms with Gasteiger partial charge in [-0.15, -0.1) is 0 Å². The molecule has 18 heavy (non-hydrogen) atoms. The lowest BCUT2D eigenvalue weighted by atomic mass is 10.1. The summed E-state index contributed by atoms with van der Waals surface area (Å²) in [5.41, 5.74) is 2.44.